The van der Waals surface area contributed by atoms with E-state index in [0.717, 1.165) is 24.8 Å². The summed E-state index contributed by atoms with van der Waals surface area (Å²) in [6, 6.07) is 5.96. The van der Waals surface area contributed by atoms with Crippen LogP contribution in [0.1, 0.15) is 41.2 Å². The first-order valence-corrected chi connectivity index (χ1v) is 5.86. The molecule has 2 atom stereocenters. The van der Waals surface area contributed by atoms with Gasteiger partial charge in [-0.05, 0) is 36.5 Å². The van der Waals surface area contributed by atoms with E-state index in [1.165, 1.54) is 12.1 Å². The molecule has 4 N–H and O–H groups in total. The largest absolute Gasteiger partial charge is 0.478 e. The standard InChI is InChI=1S/C13H17NO3/c14-11(12(15)9-2-1-3-9)8-4-6-10(7-5-8)13(16)17/h4-7,9,11-12,15H,1-3,14H2,(H,16,17)/t11-,12+/m0/s1. The van der Waals surface area contributed by atoms with Crippen molar-refractivity contribution in [3.05, 3.63) is 35.4 Å². The van der Waals surface area contributed by atoms with Gasteiger partial charge in [-0.3, -0.25) is 0 Å². The van der Waals surface area contributed by atoms with Gasteiger partial charge >= 0.3 is 5.97 Å². The molecule has 0 spiro atoms. The van der Waals surface area contributed by atoms with Gasteiger partial charge in [0.1, 0.15) is 0 Å². The highest BCUT2D eigenvalue weighted by atomic mass is 16.4. The van der Waals surface area contributed by atoms with Gasteiger partial charge in [-0.25, -0.2) is 4.79 Å². The first kappa shape index (κ1) is 12.1. The van der Waals surface area contributed by atoms with Crippen LogP contribution < -0.4 is 5.73 Å². The van der Waals surface area contributed by atoms with Gasteiger partial charge in [0.05, 0.1) is 17.7 Å². The van der Waals surface area contributed by atoms with E-state index >= 15 is 0 Å². The van der Waals surface area contributed by atoms with Gasteiger partial charge in [-0.2, -0.15) is 0 Å². The summed E-state index contributed by atoms with van der Waals surface area (Å²) in [6.07, 6.45) is 2.69. The fourth-order valence-corrected chi connectivity index (χ4v) is 2.12. The summed E-state index contributed by atoms with van der Waals surface area (Å²) in [7, 11) is 0. The molecule has 1 aliphatic rings. The molecule has 1 aromatic carbocycles. The second-order valence-corrected chi connectivity index (χ2v) is 4.63. The van der Waals surface area contributed by atoms with Gasteiger partial charge in [-0.15, -0.1) is 0 Å². The Kier molecular flexibility index (Phi) is 3.45. The molecule has 0 radical (unpaired) electrons. The minimum absolute atomic E-state index is 0.235. The summed E-state index contributed by atoms with van der Waals surface area (Å²) in [5, 5.41) is 18.8. The molecule has 2 rings (SSSR count). The van der Waals surface area contributed by atoms with Crippen molar-refractivity contribution in [2.45, 2.75) is 31.4 Å². The van der Waals surface area contributed by atoms with Crippen LogP contribution in [0.4, 0.5) is 0 Å². The van der Waals surface area contributed by atoms with E-state index < -0.39 is 18.1 Å². The van der Waals surface area contributed by atoms with Crippen LogP contribution in [0.3, 0.4) is 0 Å². The van der Waals surface area contributed by atoms with E-state index in [1.807, 2.05) is 0 Å². The van der Waals surface area contributed by atoms with Crippen LogP contribution in [0.15, 0.2) is 24.3 Å². The fourth-order valence-electron chi connectivity index (χ4n) is 2.12. The van der Waals surface area contributed by atoms with Crippen molar-refractivity contribution in [2.24, 2.45) is 11.7 Å². The number of carbonyl (C=O) groups is 1. The minimum atomic E-state index is -0.954. The van der Waals surface area contributed by atoms with E-state index in [1.54, 1.807) is 12.1 Å². The molecule has 17 heavy (non-hydrogen) atoms. The zero-order chi connectivity index (χ0) is 12.4. The predicted molar refractivity (Wildman–Crippen MR) is 63.7 cm³/mol. The van der Waals surface area contributed by atoms with Crippen molar-refractivity contribution >= 4 is 5.97 Å². The Morgan fingerprint density at radius 2 is 1.88 bits per heavy atom. The number of carboxylic acids is 1. The smallest absolute Gasteiger partial charge is 0.335 e. The Bertz CT molecular complexity index is 398. The number of hydrogen-bond acceptors (Lipinski definition) is 3. The minimum Gasteiger partial charge on any atom is -0.478 e. The zero-order valence-electron chi connectivity index (χ0n) is 9.54. The third-order valence-electron chi connectivity index (χ3n) is 3.54. The molecule has 0 aliphatic heterocycles. The van der Waals surface area contributed by atoms with Gasteiger partial charge in [0.2, 0.25) is 0 Å². The molecule has 4 heteroatoms. The van der Waals surface area contributed by atoms with Gasteiger partial charge in [0.25, 0.3) is 0 Å². The summed E-state index contributed by atoms with van der Waals surface area (Å²) in [5.74, 6) is -0.659. The van der Waals surface area contributed by atoms with E-state index in [-0.39, 0.29) is 5.56 Å². The lowest BCUT2D eigenvalue weighted by Crippen LogP contribution is -2.36. The topological polar surface area (TPSA) is 83.6 Å². The van der Waals surface area contributed by atoms with Crippen LogP contribution in [0, 0.1) is 5.92 Å². The first-order valence-electron chi connectivity index (χ1n) is 5.86. The second kappa shape index (κ2) is 4.85. The highest BCUT2D eigenvalue weighted by Gasteiger charge is 2.30. The highest BCUT2D eigenvalue weighted by Crippen LogP contribution is 2.34. The van der Waals surface area contributed by atoms with Crippen molar-refractivity contribution in [1.82, 2.24) is 0 Å². The van der Waals surface area contributed by atoms with Crippen molar-refractivity contribution in [3.8, 4) is 0 Å². The second-order valence-electron chi connectivity index (χ2n) is 4.63. The molecular weight excluding hydrogens is 218 g/mol. The Balaban J connectivity index is 2.07. The van der Waals surface area contributed by atoms with Crippen molar-refractivity contribution < 1.29 is 15.0 Å². The van der Waals surface area contributed by atoms with E-state index in [2.05, 4.69) is 0 Å². The molecule has 0 saturated heterocycles. The number of nitrogens with two attached hydrogens (primary N) is 1. The lowest BCUT2D eigenvalue weighted by Gasteiger charge is -2.33. The maximum Gasteiger partial charge on any atom is 0.335 e. The van der Waals surface area contributed by atoms with Crippen molar-refractivity contribution in [2.75, 3.05) is 0 Å². The number of carboxylic acid groups (broad SMARTS) is 1. The van der Waals surface area contributed by atoms with E-state index in [9.17, 15) is 9.90 Å². The van der Waals surface area contributed by atoms with Crippen LogP contribution in [-0.4, -0.2) is 22.3 Å². The maximum absolute atomic E-state index is 10.7. The summed E-state index contributed by atoms with van der Waals surface area (Å²) < 4.78 is 0. The Morgan fingerprint density at radius 3 is 2.29 bits per heavy atom. The number of aromatic carboxylic acids is 1. The normalized spacial score (nSPS) is 19.4. The molecule has 1 aliphatic carbocycles. The third kappa shape index (κ3) is 2.48. The van der Waals surface area contributed by atoms with Crippen molar-refractivity contribution in [3.63, 3.8) is 0 Å². The third-order valence-corrected chi connectivity index (χ3v) is 3.54. The fraction of sp³-hybridized carbons (Fsp3) is 0.462. The lowest BCUT2D eigenvalue weighted by atomic mass is 9.77. The van der Waals surface area contributed by atoms with Crippen LogP contribution in [-0.2, 0) is 0 Å². The molecule has 92 valence electrons. The summed E-state index contributed by atoms with van der Waals surface area (Å²) in [6.45, 7) is 0. The number of benzene rings is 1. The SMILES string of the molecule is N[C@@H](c1ccc(C(=O)O)cc1)[C@H](O)C1CCC1. The average Bonchev–Trinajstić information content (AvgIpc) is 2.25. The summed E-state index contributed by atoms with van der Waals surface area (Å²) in [5.41, 5.74) is 7.00. The molecule has 0 heterocycles. The molecular formula is C13H17NO3. The predicted octanol–water partition coefficient (Wildman–Crippen LogP) is 1.55. The summed E-state index contributed by atoms with van der Waals surface area (Å²) >= 11 is 0. The molecule has 1 aromatic rings. The number of aliphatic hydroxyl groups excluding tert-OH is 1. The Morgan fingerprint density at radius 1 is 1.29 bits per heavy atom. The van der Waals surface area contributed by atoms with Gasteiger partial charge in [0, 0.05) is 0 Å². The molecule has 1 fully saturated rings. The van der Waals surface area contributed by atoms with E-state index in [0.29, 0.717) is 5.92 Å². The number of hydrogen-bond donors (Lipinski definition) is 3. The van der Waals surface area contributed by atoms with Gasteiger partial charge in [-0.1, -0.05) is 18.6 Å². The first-order chi connectivity index (χ1) is 8.09. The van der Waals surface area contributed by atoms with Crippen LogP contribution >= 0.6 is 0 Å². The van der Waals surface area contributed by atoms with Crippen LogP contribution in [0.2, 0.25) is 0 Å². The van der Waals surface area contributed by atoms with E-state index in [4.69, 9.17) is 10.8 Å². The molecule has 0 amide bonds. The van der Waals surface area contributed by atoms with Crippen LogP contribution in [0.5, 0.6) is 0 Å². The van der Waals surface area contributed by atoms with Crippen LogP contribution in [0.25, 0.3) is 0 Å². The highest BCUT2D eigenvalue weighted by molar-refractivity contribution is 5.87. The Hall–Kier alpha value is -1.39. The lowest BCUT2D eigenvalue weighted by molar-refractivity contribution is 0.0414. The quantitative estimate of drug-likeness (QED) is 0.739. The summed E-state index contributed by atoms with van der Waals surface area (Å²) in [4.78, 5) is 10.7. The molecule has 0 bridgehead atoms. The zero-order valence-corrected chi connectivity index (χ0v) is 9.54. The monoisotopic (exact) mass is 235 g/mol. The number of aliphatic hydroxyl groups is 1. The Labute approximate surface area is 100 Å². The molecule has 4 nitrogen and oxygen atoms in total. The maximum atomic E-state index is 10.7. The molecule has 0 unspecified atom stereocenters. The van der Waals surface area contributed by atoms with Crippen molar-refractivity contribution in [1.29, 1.82) is 0 Å². The molecule has 1 saturated carbocycles. The van der Waals surface area contributed by atoms with Gasteiger partial charge < -0.3 is 15.9 Å². The average molecular weight is 235 g/mol. The number of rotatable bonds is 4. The van der Waals surface area contributed by atoms with Gasteiger partial charge in [0.15, 0.2) is 0 Å². The molecule has 0 aromatic heterocycles.